The van der Waals surface area contributed by atoms with Crippen molar-refractivity contribution in [3.05, 3.63) is 24.3 Å². The molecule has 0 atom stereocenters. The Labute approximate surface area is 114 Å². The van der Waals surface area contributed by atoms with Crippen LogP contribution in [0.2, 0.25) is 0 Å². The fraction of sp³-hybridized carbons (Fsp3) is 0.600. The Bertz CT molecular complexity index is 375. The number of anilines is 1. The molecule has 1 aromatic rings. The summed E-state index contributed by atoms with van der Waals surface area (Å²) in [6, 6.07) is 8.49. The quantitative estimate of drug-likeness (QED) is 0.795. The SMILES string of the molecule is CSc1cccc(NCC2(CO)CCCCC2)c1. The summed E-state index contributed by atoms with van der Waals surface area (Å²) in [4.78, 5) is 1.28. The van der Waals surface area contributed by atoms with Gasteiger partial charge in [0.15, 0.2) is 0 Å². The van der Waals surface area contributed by atoms with Gasteiger partial charge in [-0.3, -0.25) is 0 Å². The van der Waals surface area contributed by atoms with Crippen LogP contribution in [0.25, 0.3) is 0 Å². The summed E-state index contributed by atoms with van der Waals surface area (Å²) in [6.45, 7) is 1.20. The number of aliphatic hydroxyl groups is 1. The van der Waals surface area contributed by atoms with E-state index in [1.807, 2.05) is 0 Å². The van der Waals surface area contributed by atoms with E-state index in [9.17, 15) is 5.11 Å². The van der Waals surface area contributed by atoms with Crippen molar-refractivity contribution in [3.63, 3.8) is 0 Å². The lowest BCUT2D eigenvalue weighted by molar-refractivity contribution is 0.0944. The first kappa shape index (κ1) is 13.8. The molecule has 0 aromatic heterocycles. The predicted molar refractivity (Wildman–Crippen MR) is 79.3 cm³/mol. The van der Waals surface area contributed by atoms with Crippen molar-refractivity contribution >= 4 is 17.4 Å². The Hall–Kier alpha value is -0.670. The van der Waals surface area contributed by atoms with Gasteiger partial charge in [-0.25, -0.2) is 0 Å². The van der Waals surface area contributed by atoms with Gasteiger partial charge < -0.3 is 10.4 Å². The lowest BCUT2D eigenvalue weighted by Crippen LogP contribution is -2.35. The molecule has 0 amide bonds. The van der Waals surface area contributed by atoms with E-state index in [2.05, 4.69) is 35.8 Å². The molecule has 2 nitrogen and oxygen atoms in total. The van der Waals surface area contributed by atoms with Crippen molar-refractivity contribution in [1.82, 2.24) is 0 Å². The van der Waals surface area contributed by atoms with Gasteiger partial charge in [-0.1, -0.05) is 25.3 Å². The first-order valence-electron chi connectivity index (χ1n) is 6.77. The van der Waals surface area contributed by atoms with Crippen LogP contribution >= 0.6 is 11.8 Å². The molecule has 1 aliphatic carbocycles. The van der Waals surface area contributed by atoms with Gasteiger partial charge >= 0.3 is 0 Å². The number of benzene rings is 1. The lowest BCUT2D eigenvalue weighted by Gasteiger charge is -2.36. The number of hydrogen-bond acceptors (Lipinski definition) is 3. The minimum absolute atomic E-state index is 0.105. The average molecular weight is 265 g/mol. The number of aliphatic hydroxyl groups excluding tert-OH is 1. The van der Waals surface area contributed by atoms with Crippen molar-refractivity contribution in [3.8, 4) is 0 Å². The van der Waals surface area contributed by atoms with Gasteiger partial charge in [0.2, 0.25) is 0 Å². The molecular formula is C15H23NOS. The summed E-state index contributed by atoms with van der Waals surface area (Å²) in [5.41, 5.74) is 1.27. The second-order valence-electron chi connectivity index (χ2n) is 5.30. The third-order valence-electron chi connectivity index (χ3n) is 3.99. The number of hydrogen-bond donors (Lipinski definition) is 2. The molecule has 100 valence electrons. The van der Waals surface area contributed by atoms with Crippen molar-refractivity contribution in [1.29, 1.82) is 0 Å². The van der Waals surface area contributed by atoms with Gasteiger partial charge in [0, 0.05) is 22.5 Å². The van der Waals surface area contributed by atoms with Crippen LogP contribution < -0.4 is 5.32 Å². The summed E-state index contributed by atoms with van der Waals surface area (Å²) < 4.78 is 0. The molecule has 0 saturated heterocycles. The summed E-state index contributed by atoms with van der Waals surface area (Å²) >= 11 is 1.76. The zero-order valence-corrected chi connectivity index (χ0v) is 11.9. The normalized spacial score (nSPS) is 18.6. The Kier molecular flexibility index (Phi) is 4.95. The Morgan fingerprint density at radius 2 is 2.06 bits per heavy atom. The third-order valence-corrected chi connectivity index (χ3v) is 4.71. The second kappa shape index (κ2) is 6.48. The zero-order chi connectivity index (χ0) is 12.8. The van der Waals surface area contributed by atoms with E-state index < -0.39 is 0 Å². The van der Waals surface area contributed by atoms with Crippen molar-refractivity contribution < 1.29 is 5.11 Å². The summed E-state index contributed by atoms with van der Waals surface area (Å²) in [7, 11) is 0. The van der Waals surface area contributed by atoms with Gasteiger partial charge in [0.1, 0.15) is 0 Å². The molecule has 18 heavy (non-hydrogen) atoms. The monoisotopic (exact) mass is 265 g/mol. The van der Waals surface area contributed by atoms with Crippen molar-refractivity contribution in [2.75, 3.05) is 24.7 Å². The van der Waals surface area contributed by atoms with Gasteiger partial charge in [-0.15, -0.1) is 11.8 Å². The summed E-state index contributed by atoms with van der Waals surface area (Å²) in [6.07, 6.45) is 8.23. The molecular weight excluding hydrogens is 242 g/mol. The van der Waals surface area contributed by atoms with E-state index in [0.29, 0.717) is 6.61 Å². The maximum absolute atomic E-state index is 9.68. The Morgan fingerprint density at radius 3 is 2.72 bits per heavy atom. The zero-order valence-electron chi connectivity index (χ0n) is 11.1. The predicted octanol–water partition coefficient (Wildman–Crippen LogP) is 3.76. The number of rotatable bonds is 5. The van der Waals surface area contributed by atoms with Crippen molar-refractivity contribution in [2.45, 2.75) is 37.0 Å². The number of nitrogens with one attached hydrogen (secondary N) is 1. The highest BCUT2D eigenvalue weighted by molar-refractivity contribution is 7.98. The number of thioether (sulfide) groups is 1. The molecule has 0 aliphatic heterocycles. The first-order valence-corrected chi connectivity index (χ1v) is 7.99. The van der Waals surface area contributed by atoms with Crippen LogP contribution in [-0.2, 0) is 0 Å². The third kappa shape index (κ3) is 3.42. The molecule has 0 bridgehead atoms. The van der Waals surface area contributed by atoms with E-state index in [1.54, 1.807) is 11.8 Å². The highest BCUT2D eigenvalue weighted by Crippen LogP contribution is 2.36. The minimum atomic E-state index is 0.105. The highest BCUT2D eigenvalue weighted by Gasteiger charge is 2.30. The fourth-order valence-corrected chi connectivity index (χ4v) is 3.17. The van der Waals surface area contributed by atoms with E-state index in [4.69, 9.17) is 0 Å². The second-order valence-corrected chi connectivity index (χ2v) is 6.18. The molecule has 0 heterocycles. The van der Waals surface area contributed by atoms with Crippen LogP contribution in [0.4, 0.5) is 5.69 Å². The Morgan fingerprint density at radius 1 is 1.28 bits per heavy atom. The molecule has 1 aromatic carbocycles. The van der Waals surface area contributed by atoms with Gasteiger partial charge in [0.25, 0.3) is 0 Å². The van der Waals surface area contributed by atoms with E-state index in [0.717, 1.165) is 19.4 Å². The van der Waals surface area contributed by atoms with Crippen LogP contribution in [0.5, 0.6) is 0 Å². The molecule has 2 rings (SSSR count). The molecule has 3 heteroatoms. The van der Waals surface area contributed by atoms with Crippen LogP contribution in [0.1, 0.15) is 32.1 Å². The molecule has 1 saturated carbocycles. The van der Waals surface area contributed by atoms with Crippen LogP contribution in [0.3, 0.4) is 0 Å². The Balaban J connectivity index is 1.96. The van der Waals surface area contributed by atoms with Crippen LogP contribution in [0, 0.1) is 5.41 Å². The summed E-state index contributed by atoms with van der Waals surface area (Å²) in [5, 5.41) is 13.2. The standard InChI is InChI=1S/C15H23NOS/c1-18-14-7-5-6-13(10-14)16-11-15(12-17)8-3-2-4-9-15/h5-7,10,16-17H,2-4,8-9,11-12H2,1H3. The average Bonchev–Trinajstić information content (AvgIpc) is 2.46. The van der Waals surface area contributed by atoms with E-state index in [-0.39, 0.29) is 5.41 Å². The molecule has 2 N–H and O–H groups in total. The first-order chi connectivity index (χ1) is 8.78. The van der Waals surface area contributed by atoms with E-state index in [1.165, 1.54) is 29.8 Å². The van der Waals surface area contributed by atoms with Gasteiger partial charge in [-0.2, -0.15) is 0 Å². The van der Waals surface area contributed by atoms with Crippen molar-refractivity contribution in [2.24, 2.45) is 5.41 Å². The molecule has 0 unspecified atom stereocenters. The molecule has 1 aliphatic rings. The molecule has 1 fully saturated rings. The van der Waals surface area contributed by atoms with Gasteiger partial charge in [-0.05, 0) is 37.3 Å². The highest BCUT2D eigenvalue weighted by atomic mass is 32.2. The topological polar surface area (TPSA) is 32.3 Å². The minimum Gasteiger partial charge on any atom is -0.396 e. The molecule has 0 radical (unpaired) electrons. The largest absolute Gasteiger partial charge is 0.396 e. The van der Waals surface area contributed by atoms with Gasteiger partial charge in [0.05, 0.1) is 6.61 Å². The lowest BCUT2D eigenvalue weighted by atomic mass is 9.74. The molecule has 0 spiro atoms. The fourth-order valence-electron chi connectivity index (χ4n) is 2.72. The van der Waals surface area contributed by atoms with Crippen LogP contribution in [0.15, 0.2) is 29.2 Å². The maximum atomic E-state index is 9.68. The van der Waals surface area contributed by atoms with E-state index >= 15 is 0 Å². The maximum Gasteiger partial charge on any atom is 0.0504 e. The van der Waals surface area contributed by atoms with Crippen LogP contribution in [-0.4, -0.2) is 24.5 Å². The summed E-state index contributed by atoms with van der Waals surface area (Å²) in [5.74, 6) is 0. The smallest absolute Gasteiger partial charge is 0.0504 e.